The lowest BCUT2D eigenvalue weighted by atomic mass is 9.85. The van der Waals surface area contributed by atoms with Crippen LogP contribution in [-0.4, -0.2) is 31.0 Å². The first kappa shape index (κ1) is 19.3. The Morgan fingerprint density at radius 3 is 2.82 bits per heavy atom. The summed E-state index contributed by atoms with van der Waals surface area (Å²) < 4.78 is 6.35. The molecule has 1 saturated carbocycles. The third kappa shape index (κ3) is 4.86. The summed E-state index contributed by atoms with van der Waals surface area (Å²) in [7, 11) is 3.50. The maximum atomic E-state index is 12.6. The van der Waals surface area contributed by atoms with Crippen molar-refractivity contribution < 1.29 is 9.53 Å². The number of hydrogen-bond acceptors (Lipinski definition) is 3. The molecule has 1 aromatic carbocycles. The van der Waals surface area contributed by atoms with Gasteiger partial charge in [-0.1, -0.05) is 22.4 Å². The van der Waals surface area contributed by atoms with E-state index in [2.05, 4.69) is 15.9 Å². The first-order valence-corrected chi connectivity index (χ1v) is 8.13. The molecule has 1 aliphatic carbocycles. The second kappa shape index (κ2) is 8.75. The smallest absolute Gasteiger partial charge is 0.225 e. The largest absolute Gasteiger partial charge is 0.496 e. The molecule has 2 rings (SSSR count). The van der Waals surface area contributed by atoms with E-state index in [0.717, 1.165) is 41.5 Å². The maximum Gasteiger partial charge on any atom is 0.225 e. The van der Waals surface area contributed by atoms with E-state index in [-0.39, 0.29) is 30.3 Å². The quantitative estimate of drug-likeness (QED) is 0.856. The van der Waals surface area contributed by atoms with Gasteiger partial charge in [0.1, 0.15) is 5.75 Å². The first-order valence-electron chi connectivity index (χ1n) is 7.34. The van der Waals surface area contributed by atoms with Crippen molar-refractivity contribution in [3.63, 3.8) is 0 Å². The van der Waals surface area contributed by atoms with Crippen LogP contribution in [0.5, 0.6) is 5.75 Å². The highest BCUT2D eigenvalue weighted by molar-refractivity contribution is 9.10. The summed E-state index contributed by atoms with van der Waals surface area (Å²) in [6, 6.07) is 6.01. The summed E-state index contributed by atoms with van der Waals surface area (Å²) in [4.78, 5) is 14.3. The molecular weight excluding hydrogens is 368 g/mol. The van der Waals surface area contributed by atoms with Crippen molar-refractivity contribution in [1.82, 2.24) is 4.90 Å². The number of amides is 1. The second-order valence-corrected chi connectivity index (χ2v) is 6.69. The summed E-state index contributed by atoms with van der Waals surface area (Å²) in [5, 5.41) is 0. The van der Waals surface area contributed by atoms with Gasteiger partial charge in [-0.15, -0.1) is 12.4 Å². The van der Waals surface area contributed by atoms with Crippen LogP contribution in [0.1, 0.15) is 31.2 Å². The molecule has 0 radical (unpaired) electrons. The zero-order valence-electron chi connectivity index (χ0n) is 13.0. The molecule has 1 fully saturated rings. The predicted octanol–water partition coefficient (Wildman–Crippen LogP) is 3.36. The van der Waals surface area contributed by atoms with Crippen molar-refractivity contribution >= 4 is 34.2 Å². The van der Waals surface area contributed by atoms with Gasteiger partial charge < -0.3 is 15.4 Å². The van der Waals surface area contributed by atoms with Gasteiger partial charge in [-0.2, -0.15) is 0 Å². The van der Waals surface area contributed by atoms with Crippen molar-refractivity contribution in [2.24, 2.45) is 11.7 Å². The van der Waals surface area contributed by atoms with Crippen molar-refractivity contribution in [2.45, 2.75) is 38.3 Å². The summed E-state index contributed by atoms with van der Waals surface area (Å²) in [6.45, 7) is 0.549. The summed E-state index contributed by atoms with van der Waals surface area (Å²) in [5.41, 5.74) is 6.99. The molecule has 1 aromatic rings. The van der Waals surface area contributed by atoms with Gasteiger partial charge in [0.05, 0.1) is 7.11 Å². The van der Waals surface area contributed by atoms with E-state index in [0.29, 0.717) is 6.54 Å². The zero-order valence-corrected chi connectivity index (χ0v) is 15.5. The average molecular weight is 392 g/mol. The highest BCUT2D eigenvalue weighted by atomic mass is 79.9. The van der Waals surface area contributed by atoms with Gasteiger partial charge in [-0.3, -0.25) is 4.79 Å². The van der Waals surface area contributed by atoms with Crippen molar-refractivity contribution in [3.05, 3.63) is 28.2 Å². The number of carbonyl (C=O) groups excluding carboxylic acids is 1. The molecule has 2 atom stereocenters. The molecular formula is C16H24BrClN2O2. The Hall–Kier alpha value is -0.780. The topological polar surface area (TPSA) is 55.6 Å². The number of nitrogens with zero attached hydrogens (tertiary/aromatic N) is 1. The van der Waals surface area contributed by atoms with Crippen LogP contribution in [0.2, 0.25) is 0 Å². The standard InChI is InChI=1S/C16H23BrN2O2.ClH/c1-19(16(20)11-4-3-5-14(18)9-11)10-12-8-13(17)6-7-15(12)21-2;/h6-8,11,14H,3-5,9-10,18H2,1-2H3;1H. The summed E-state index contributed by atoms with van der Waals surface area (Å²) in [5.74, 6) is 1.06. The van der Waals surface area contributed by atoms with Crippen molar-refractivity contribution in [1.29, 1.82) is 0 Å². The van der Waals surface area contributed by atoms with E-state index in [1.54, 1.807) is 12.0 Å². The lowest BCUT2D eigenvalue weighted by Gasteiger charge is -2.29. The Kier molecular flexibility index (Phi) is 7.66. The predicted molar refractivity (Wildman–Crippen MR) is 94.3 cm³/mol. The van der Waals surface area contributed by atoms with Crippen LogP contribution >= 0.6 is 28.3 Å². The number of halogens is 2. The van der Waals surface area contributed by atoms with Crippen LogP contribution in [-0.2, 0) is 11.3 Å². The molecule has 4 nitrogen and oxygen atoms in total. The highest BCUT2D eigenvalue weighted by Crippen LogP contribution is 2.27. The molecule has 2 unspecified atom stereocenters. The van der Waals surface area contributed by atoms with E-state index >= 15 is 0 Å². The van der Waals surface area contributed by atoms with Gasteiger partial charge in [0, 0.05) is 35.6 Å². The Morgan fingerprint density at radius 2 is 2.18 bits per heavy atom. The van der Waals surface area contributed by atoms with E-state index in [4.69, 9.17) is 10.5 Å². The minimum Gasteiger partial charge on any atom is -0.496 e. The molecule has 0 aromatic heterocycles. The number of hydrogen-bond donors (Lipinski definition) is 1. The molecule has 6 heteroatoms. The van der Waals surface area contributed by atoms with Gasteiger partial charge >= 0.3 is 0 Å². The normalized spacial score (nSPS) is 20.9. The number of ether oxygens (including phenoxy) is 1. The van der Waals surface area contributed by atoms with Gasteiger partial charge in [-0.25, -0.2) is 0 Å². The minimum atomic E-state index is 0. The number of nitrogens with two attached hydrogens (primary N) is 1. The Labute approximate surface area is 146 Å². The van der Waals surface area contributed by atoms with Crippen LogP contribution in [0.4, 0.5) is 0 Å². The zero-order chi connectivity index (χ0) is 15.4. The first-order chi connectivity index (χ1) is 10.0. The Bertz CT molecular complexity index is 513. The van der Waals surface area contributed by atoms with Crippen LogP contribution in [0.3, 0.4) is 0 Å². The lowest BCUT2D eigenvalue weighted by molar-refractivity contribution is -0.135. The molecule has 2 N–H and O–H groups in total. The molecule has 0 heterocycles. The molecule has 1 amide bonds. The molecule has 0 aliphatic heterocycles. The number of methoxy groups -OCH3 is 1. The SMILES string of the molecule is COc1ccc(Br)cc1CN(C)C(=O)C1CCCC(N)C1.Cl. The Morgan fingerprint density at radius 1 is 1.45 bits per heavy atom. The average Bonchev–Trinajstić information content (AvgIpc) is 2.46. The molecule has 0 spiro atoms. The van der Waals surface area contributed by atoms with Crippen LogP contribution in [0.15, 0.2) is 22.7 Å². The van der Waals surface area contributed by atoms with Gasteiger partial charge in [-0.05, 0) is 37.5 Å². The third-order valence-corrected chi connectivity index (χ3v) is 4.58. The van der Waals surface area contributed by atoms with Crippen LogP contribution < -0.4 is 10.5 Å². The molecule has 1 aliphatic rings. The fourth-order valence-electron chi connectivity index (χ4n) is 2.97. The summed E-state index contributed by atoms with van der Waals surface area (Å²) >= 11 is 3.46. The van der Waals surface area contributed by atoms with Gasteiger partial charge in [0.2, 0.25) is 5.91 Å². The fraction of sp³-hybridized carbons (Fsp3) is 0.562. The number of rotatable bonds is 4. The third-order valence-electron chi connectivity index (χ3n) is 4.09. The van der Waals surface area contributed by atoms with Gasteiger partial charge in [0.25, 0.3) is 0 Å². The van der Waals surface area contributed by atoms with E-state index < -0.39 is 0 Å². The molecule has 124 valence electrons. The fourth-order valence-corrected chi connectivity index (χ4v) is 3.38. The van der Waals surface area contributed by atoms with Crippen LogP contribution in [0, 0.1) is 5.92 Å². The van der Waals surface area contributed by atoms with E-state index in [1.165, 1.54) is 0 Å². The molecule has 22 heavy (non-hydrogen) atoms. The van der Waals surface area contributed by atoms with E-state index in [1.807, 2.05) is 25.2 Å². The number of benzene rings is 1. The monoisotopic (exact) mass is 390 g/mol. The minimum absolute atomic E-state index is 0. The van der Waals surface area contributed by atoms with Crippen molar-refractivity contribution in [2.75, 3.05) is 14.2 Å². The number of carbonyl (C=O) groups is 1. The van der Waals surface area contributed by atoms with Crippen LogP contribution in [0.25, 0.3) is 0 Å². The summed E-state index contributed by atoms with van der Waals surface area (Å²) in [6.07, 6.45) is 3.84. The molecule has 0 bridgehead atoms. The van der Waals surface area contributed by atoms with E-state index in [9.17, 15) is 4.79 Å². The Balaban J connectivity index is 0.00000242. The van der Waals surface area contributed by atoms with Gasteiger partial charge in [0.15, 0.2) is 0 Å². The molecule has 0 saturated heterocycles. The lowest BCUT2D eigenvalue weighted by Crippen LogP contribution is -2.38. The second-order valence-electron chi connectivity index (χ2n) is 5.77. The maximum absolute atomic E-state index is 12.6. The van der Waals surface area contributed by atoms with Crippen molar-refractivity contribution in [3.8, 4) is 5.75 Å². The highest BCUT2D eigenvalue weighted by Gasteiger charge is 2.27.